The van der Waals surface area contributed by atoms with Crippen molar-refractivity contribution in [2.45, 2.75) is 19.1 Å². The number of aliphatic hydroxyl groups is 1. The second-order valence-corrected chi connectivity index (χ2v) is 6.79. The van der Waals surface area contributed by atoms with E-state index in [9.17, 15) is 18.0 Å². The molecule has 0 aliphatic heterocycles. The maximum Gasteiger partial charge on any atom is 0.433 e. The molecule has 0 fully saturated rings. The van der Waals surface area contributed by atoms with Crippen molar-refractivity contribution in [2.24, 2.45) is 0 Å². The van der Waals surface area contributed by atoms with E-state index < -0.39 is 11.9 Å². The zero-order chi connectivity index (χ0) is 20.0. The maximum atomic E-state index is 13.1. The summed E-state index contributed by atoms with van der Waals surface area (Å²) < 4.78 is 40.2. The van der Waals surface area contributed by atoms with Crippen LogP contribution in [0.4, 0.5) is 13.2 Å². The molecule has 0 spiro atoms. The third kappa shape index (κ3) is 5.38. The average molecular weight is 399 g/mol. The first-order valence-corrected chi connectivity index (χ1v) is 8.99. The summed E-state index contributed by atoms with van der Waals surface area (Å²) in [5.74, 6) is -0.251. The van der Waals surface area contributed by atoms with Crippen molar-refractivity contribution < 1.29 is 23.1 Å². The molecule has 5 nitrogen and oxygen atoms in total. The molecule has 0 atom stereocenters. The van der Waals surface area contributed by atoms with Crippen LogP contribution in [-0.4, -0.2) is 40.4 Å². The molecule has 0 unspecified atom stereocenters. The molecule has 0 radical (unpaired) electrons. The van der Waals surface area contributed by atoms with E-state index in [0.29, 0.717) is 34.8 Å². The number of alkyl halides is 3. The molecule has 0 aliphatic rings. The molecular formula is C18H20F3N3O2S. The Morgan fingerprint density at radius 3 is 2.74 bits per heavy atom. The number of aliphatic hydroxyl groups excluding tert-OH is 1. The lowest BCUT2D eigenvalue weighted by atomic mass is 10.1. The fourth-order valence-corrected chi connectivity index (χ4v) is 3.31. The number of carbonyl (C=O) groups excluding carboxylic acids is 1. The molecule has 2 rings (SSSR count). The lowest BCUT2D eigenvalue weighted by molar-refractivity contribution is -0.144. The van der Waals surface area contributed by atoms with Crippen LogP contribution in [0.2, 0.25) is 0 Å². The van der Waals surface area contributed by atoms with Crippen molar-refractivity contribution in [2.75, 3.05) is 19.7 Å². The number of hydrogen-bond donors (Lipinski definition) is 2. The Labute approximate surface area is 158 Å². The Balaban J connectivity index is 2.16. The first-order chi connectivity index (χ1) is 12.8. The van der Waals surface area contributed by atoms with E-state index >= 15 is 0 Å². The lowest BCUT2D eigenvalue weighted by Crippen LogP contribution is -2.20. The number of aromatic nitrogens is 2. The van der Waals surface area contributed by atoms with Crippen molar-refractivity contribution in [3.63, 3.8) is 0 Å². The van der Waals surface area contributed by atoms with E-state index in [2.05, 4.69) is 23.6 Å². The van der Waals surface area contributed by atoms with Gasteiger partial charge in [-0.3, -0.25) is 9.48 Å². The fourth-order valence-electron chi connectivity index (χ4n) is 2.36. The number of ketones is 1. The van der Waals surface area contributed by atoms with Crippen LogP contribution in [0.3, 0.4) is 0 Å². The molecule has 2 N–H and O–H groups in total. The maximum absolute atomic E-state index is 13.1. The zero-order valence-electron chi connectivity index (χ0n) is 14.6. The van der Waals surface area contributed by atoms with Gasteiger partial charge < -0.3 is 10.4 Å². The van der Waals surface area contributed by atoms with Crippen LogP contribution in [0, 0.1) is 0 Å². The van der Waals surface area contributed by atoms with Gasteiger partial charge in [0.05, 0.1) is 22.9 Å². The highest BCUT2D eigenvalue weighted by Gasteiger charge is 2.35. The van der Waals surface area contributed by atoms with Crippen molar-refractivity contribution in [1.29, 1.82) is 0 Å². The summed E-state index contributed by atoms with van der Waals surface area (Å²) >= 11 is 1.08. The standard InChI is InChI=1S/C18H20F3N3O2S/c1-3-9-24-16(18(19,20)21)11-13(23-24)14-4-5-15(27-14)17(26)12(2)6-7-22-8-10-25/h3-5,11,22,25H,1-2,6-10H2. The predicted octanol–water partition coefficient (Wildman–Crippen LogP) is 3.53. The van der Waals surface area contributed by atoms with E-state index in [1.807, 2.05) is 0 Å². The predicted molar refractivity (Wildman–Crippen MR) is 98.8 cm³/mol. The van der Waals surface area contributed by atoms with E-state index in [1.54, 1.807) is 12.1 Å². The summed E-state index contributed by atoms with van der Waals surface area (Å²) in [5.41, 5.74) is -0.316. The molecule has 0 saturated heterocycles. The molecule has 9 heteroatoms. The van der Waals surface area contributed by atoms with Gasteiger partial charge in [-0.15, -0.1) is 17.9 Å². The minimum Gasteiger partial charge on any atom is -0.395 e. The van der Waals surface area contributed by atoms with E-state index in [-0.39, 0.29) is 24.6 Å². The molecule has 0 aromatic carbocycles. The topological polar surface area (TPSA) is 67.2 Å². The van der Waals surface area contributed by atoms with Crippen LogP contribution in [0.25, 0.3) is 10.6 Å². The van der Waals surface area contributed by atoms with Crippen LogP contribution in [0.1, 0.15) is 21.8 Å². The van der Waals surface area contributed by atoms with Gasteiger partial charge in [-0.05, 0) is 36.7 Å². The average Bonchev–Trinajstić information content (AvgIpc) is 3.24. The normalized spacial score (nSPS) is 11.6. The van der Waals surface area contributed by atoms with Crippen LogP contribution < -0.4 is 5.32 Å². The van der Waals surface area contributed by atoms with Crippen molar-refractivity contribution in [1.82, 2.24) is 15.1 Å². The van der Waals surface area contributed by atoms with Crippen LogP contribution in [-0.2, 0) is 12.7 Å². The summed E-state index contributed by atoms with van der Waals surface area (Å²) in [6.45, 7) is 8.08. The lowest BCUT2D eigenvalue weighted by Gasteiger charge is -2.07. The minimum atomic E-state index is -4.53. The van der Waals surface area contributed by atoms with Crippen LogP contribution in [0.15, 0.2) is 43.0 Å². The van der Waals surface area contributed by atoms with Gasteiger partial charge in [-0.2, -0.15) is 18.3 Å². The highest BCUT2D eigenvalue weighted by molar-refractivity contribution is 7.17. The number of carbonyl (C=O) groups is 1. The number of nitrogens with one attached hydrogen (secondary N) is 1. The number of thiophene rings is 1. The van der Waals surface area contributed by atoms with Gasteiger partial charge in [0.1, 0.15) is 11.4 Å². The largest absolute Gasteiger partial charge is 0.433 e. The number of rotatable bonds is 10. The van der Waals surface area contributed by atoms with Crippen molar-refractivity contribution in [3.8, 4) is 10.6 Å². The Kier molecular flexibility index (Phi) is 7.11. The summed E-state index contributed by atoms with van der Waals surface area (Å²) in [4.78, 5) is 13.3. The number of halogens is 3. The molecule has 2 aromatic rings. The highest BCUT2D eigenvalue weighted by atomic mass is 32.1. The molecule has 146 valence electrons. The molecule has 2 heterocycles. The van der Waals surface area contributed by atoms with Gasteiger partial charge >= 0.3 is 6.18 Å². The Hall–Kier alpha value is -2.23. The van der Waals surface area contributed by atoms with Gasteiger partial charge in [-0.25, -0.2) is 0 Å². The molecule has 2 aromatic heterocycles. The van der Waals surface area contributed by atoms with Crippen LogP contribution >= 0.6 is 11.3 Å². The summed E-state index contributed by atoms with van der Waals surface area (Å²) in [6.07, 6.45) is -2.78. The Morgan fingerprint density at radius 2 is 2.11 bits per heavy atom. The summed E-state index contributed by atoms with van der Waals surface area (Å²) in [7, 11) is 0. The summed E-state index contributed by atoms with van der Waals surface area (Å²) in [5, 5.41) is 15.6. The second kappa shape index (κ2) is 9.12. The molecule has 0 bridgehead atoms. The first-order valence-electron chi connectivity index (χ1n) is 8.18. The first kappa shape index (κ1) is 21.1. The van der Waals surface area contributed by atoms with E-state index in [4.69, 9.17) is 5.11 Å². The van der Waals surface area contributed by atoms with Gasteiger partial charge in [0, 0.05) is 6.54 Å². The number of hydrogen-bond acceptors (Lipinski definition) is 5. The van der Waals surface area contributed by atoms with Gasteiger partial charge in [0.15, 0.2) is 5.78 Å². The quantitative estimate of drug-likeness (QED) is 0.278. The molecule has 0 aliphatic carbocycles. The third-order valence-electron chi connectivity index (χ3n) is 3.67. The molecular weight excluding hydrogens is 379 g/mol. The summed E-state index contributed by atoms with van der Waals surface area (Å²) in [6, 6.07) is 4.11. The Morgan fingerprint density at radius 1 is 1.37 bits per heavy atom. The minimum absolute atomic E-state index is 0.00707. The number of allylic oxidation sites excluding steroid dienone is 1. The van der Waals surface area contributed by atoms with Crippen molar-refractivity contribution in [3.05, 3.63) is 53.6 Å². The van der Waals surface area contributed by atoms with Gasteiger partial charge in [0.25, 0.3) is 0 Å². The van der Waals surface area contributed by atoms with Gasteiger partial charge in [0.2, 0.25) is 0 Å². The van der Waals surface area contributed by atoms with Crippen LogP contribution in [0.5, 0.6) is 0 Å². The second-order valence-electron chi connectivity index (χ2n) is 5.70. The monoisotopic (exact) mass is 399 g/mol. The number of Topliss-reactive ketones (excluding diaryl/α,β-unsaturated/α-hetero) is 1. The molecule has 27 heavy (non-hydrogen) atoms. The molecule has 0 amide bonds. The van der Waals surface area contributed by atoms with Gasteiger partial charge in [-0.1, -0.05) is 12.7 Å². The van der Waals surface area contributed by atoms with Crippen molar-refractivity contribution >= 4 is 17.1 Å². The van der Waals surface area contributed by atoms with E-state index in [1.165, 1.54) is 6.08 Å². The SMILES string of the molecule is C=CCn1nc(-c2ccc(C(=O)C(=C)CCNCCO)s2)cc1C(F)(F)F. The number of nitrogens with zero attached hydrogens (tertiary/aromatic N) is 2. The van der Waals surface area contributed by atoms with E-state index in [0.717, 1.165) is 22.1 Å². The Bertz CT molecular complexity index is 824. The highest BCUT2D eigenvalue weighted by Crippen LogP contribution is 2.35. The molecule has 0 saturated carbocycles. The third-order valence-corrected chi connectivity index (χ3v) is 4.77. The fraction of sp³-hybridized carbons (Fsp3) is 0.333. The zero-order valence-corrected chi connectivity index (χ0v) is 15.4. The smallest absolute Gasteiger partial charge is 0.395 e.